The van der Waals surface area contributed by atoms with Gasteiger partial charge in [-0.05, 0) is 67.9 Å². The van der Waals surface area contributed by atoms with Crippen molar-refractivity contribution in [2.45, 2.75) is 44.7 Å². The van der Waals surface area contributed by atoms with Gasteiger partial charge in [0.15, 0.2) is 0 Å². The first-order valence-electron chi connectivity index (χ1n) is 10.2. The van der Waals surface area contributed by atoms with Gasteiger partial charge in [-0.1, -0.05) is 23.7 Å². The Morgan fingerprint density at radius 2 is 1.93 bits per heavy atom. The van der Waals surface area contributed by atoms with Crippen LogP contribution >= 0.6 is 11.6 Å². The second-order valence-corrected chi connectivity index (χ2v) is 8.17. The molecule has 3 N–H and O–H groups in total. The highest BCUT2D eigenvalue weighted by Gasteiger charge is 2.20. The summed E-state index contributed by atoms with van der Waals surface area (Å²) in [5, 5.41) is 3.97. The van der Waals surface area contributed by atoms with E-state index in [4.69, 9.17) is 22.3 Å². The van der Waals surface area contributed by atoms with E-state index in [9.17, 15) is 0 Å². The zero-order chi connectivity index (χ0) is 20.1. The molecule has 3 aromatic rings. The average Bonchev–Trinajstić information content (AvgIpc) is 2.76. The normalized spacial score (nSPS) is 19.1. The van der Waals surface area contributed by atoms with Gasteiger partial charge in [0.05, 0.1) is 10.7 Å². The molecule has 6 heteroatoms. The lowest BCUT2D eigenvalue weighted by molar-refractivity contribution is 0.323. The minimum absolute atomic E-state index is 0.367. The van der Waals surface area contributed by atoms with E-state index in [1.54, 1.807) is 12.4 Å². The number of halogens is 1. The number of anilines is 1. The van der Waals surface area contributed by atoms with Gasteiger partial charge in [-0.3, -0.25) is 9.97 Å². The molecule has 3 aromatic heterocycles. The van der Waals surface area contributed by atoms with Crippen molar-refractivity contribution in [2.75, 3.05) is 5.32 Å². The fourth-order valence-electron chi connectivity index (χ4n) is 3.86. The SMILES string of the molecule is NC1CCC(Cc2cc(-c3cccc(NCc4cccnc4)n3)c(Cl)cn2)CC1. The van der Waals surface area contributed by atoms with Gasteiger partial charge in [0, 0.05) is 42.4 Å². The highest BCUT2D eigenvalue weighted by atomic mass is 35.5. The number of hydrogen-bond acceptors (Lipinski definition) is 5. The Bertz CT molecular complexity index is 939. The van der Waals surface area contributed by atoms with Crippen LogP contribution in [0, 0.1) is 5.92 Å². The van der Waals surface area contributed by atoms with Crippen molar-refractivity contribution in [3.8, 4) is 11.3 Å². The number of nitrogens with one attached hydrogen (secondary N) is 1. The van der Waals surface area contributed by atoms with E-state index in [1.807, 2.05) is 36.5 Å². The second kappa shape index (κ2) is 9.33. The molecule has 0 aliphatic heterocycles. The van der Waals surface area contributed by atoms with Crippen LogP contribution in [0.3, 0.4) is 0 Å². The van der Waals surface area contributed by atoms with Gasteiger partial charge in [0.2, 0.25) is 0 Å². The maximum Gasteiger partial charge on any atom is 0.126 e. The first-order chi connectivity index (χ1) is 14.2. The molecule has 150 valence electrons. The Labute approximate surface area is 176 Å². The van der Waals surface area contributed by atoms with E-state index >= 15 is 0 Å². The maximum absolute atomic E-state index is 6.47. The largest absolute Gasteiger partial charge is 0.366 e. The van der Waals surface area contributed by atoms with Crippen LogP contribution in [0.4, 0.5) is 5.82 Å². The highest BCUT2D eigenvalue weighted by Crippen LogP contribution is 2.30. The van der Waals surface area contributed by atoms with E-state index in [-0.39, 0.29) is 0 Å². The third-order valence-corrected chi connectivity index (χ3v) is 5.82. The molecule has 1 fully saturated rings. The van der Waals surface area contributed by atoms with Crippen molar-refractivity contribution in [1.29, 1.82) is 0 Å². The number of hydrogen-bond donors (Lipinski definition) is 2. The molecule has 5 nitrogen and oxygen atoms in total. The van der Waals surface area contributed by atoms with Crippen LogP contribution in [0.15, 0.2) is 55.0 Å². The molecule has 0 radical (unpaired) electrons. The summed E-state index contributed by atoms with van der Waals surface area (Å²) in [6, 6.07) is 12.4. The summed E-state index contributed by atoms with van der Waals surface area (Å²) in [6.07, 6.45) is 10.9. The number of pyridine rings is 3. The molecular formula is C23H26ClN5. The van der Waals surface area contributed by atoms with Crippen LogP contribution in [-0.2, 0) is 13.0 Å². The van der Waals surface area contributed by atoms with E-state index in [2.05, 4.69) is 21.4 Å². The molecule has 1 saturated carbocycles. The van der Waals surface area contributed by atoms with Crippen molar-refractivity contribution in [1.82, 2.24) is 15.0 Å². The third kappa shape index (κ3) is 5.31. The van der Waals surface area contributed by atoms with E-state index < -0.39 is 0 Å². The smallest absolute Gasteiger partial charge is 0.126 e. The van der Waals surface area contributed by atoms with E-state index in [1.165, 1.54) is 12.8 Å². The predicted octanol–water partition coefficient (Wildman–Crippen LogP) is 4.86. The van der Waals surface area contributed by atoms with Crippen molar-refractivity contribution in [2.24, 2.45) is 11.7 Å². The average molecular weight is 408 g/mol. The Kier molecular flexibility index (Phi) is 6.37. The lowest BCUT2D eigenvalue weighted by Gasteiger charge is -2.25. The van der Waals surface area contributed by atoms with Crippen LogP contribution in [0.25, 0.3) is 11.3 Å². The molecule has 0 amide bonds. The molecular weight excluding hydrogens is 382 g/mol. The fraction of sp³-hybridized carbons (Fsp3) is 0.348. The topological polar surface area (TPSA) is 76.7 Å². The van der Waals surface area contributed by atoms with Crippen LogP contribution in [0.5, 0.6) is 0 Å². The number of nitrogens with two attached hydrogens (primary N) is 1. The van der Waals surface area contributed by atoms with Gasteiger partial charge in [0.1, 0.15) is 5.82 Å². The van der Waals surface area contributed by atoms with Gasteiger partial charge in [-0.25, -0.2) is 4.98 Å². The van der Waals surface area contributed by atoms with Crippen LogP contribution in [0.1, 0.15) is 36.9 Å². The van der Waals surface area contributed by atoms with E-state index in [0.29, 0.717) is 23.5 Å². The molecule has 29 heavy (non-hydrogen) atoms. The molecule has 0 bridgehead atoms. The predicted molar refractivity (Wildman–Crippen MR) is 118 cm³/mol. The molecule has 0 spiro atoms. The van der Waals surface area contributed by atoms with Gasteiger partial charge in [0.25, 0.3) is 0 Å². The van der Waals surface area contributed by atoms with Crippen LogP contribution in [-0.4, -0.2) is 21.0 Å². The summed E-state index contributed by atoms with van der Waals surface area (Å²) in [4.78, 5) is 13.5. The third-order valence-electron chi connectivity index (χ3n) is 5.52. The fourth-order valence-corrected chi connectivity index (χ4v) is 4.06. The molecule has 1 aliphatic rings. The number of nitrogens with zero attached hydrogens (tertiary/aromatic N) is 3. The van der Waals surface area contributed by atoms with Crippen molar-refractivity contribution in [3.63, 3.8) is 0 Å². The molecule has 3 heterocycles. The molecule has 0 atom stereocenters. The molecule has 0 aromatic carbocycles. The summed E-state index contributed by atoms with van der Waals surface area (Å²) < 4.78 is 0. The Balaban J connectivity index is 1.48. The summed E-state index contributed by atoms with van der Waals surface area (Å²) in [5.74, 6) is 1.46. The van der Waals surface area contributed by atoms with Gasteiger partial charge >= 0.3 is 0 Å². The number of aromatic nitrogens is 3. The second-order valence-electron chi connectivity index (χ2n) is 7.76. The number of rotatable bonds is 6. The van der Waals surface area contributed by atoms with Crippen molar-refractivity contribution >= 4 is 17.4 Å². The lowest BCUT2D eigenvalue weighted by Crippen LogP contribution is -2.27. The van der Waals surface area contributed by atoms with Crippen LogP contribution < -0.4 is 11.1 Å². The Morgan fingerprint density at radius 1 is 1.07 bits per heavy atom. The van der Waals surface area contributed by atoms with Gasteiger partial charge in [-0.2, -0.15) is 0 Å². The minimum atomic E-state index is 0.367. The summed E-state index contributed by atoms with van der Waals surface area (Å²) in [5.41, 5.74) is 9.99. The van der Waals surface area contributed by atoms with Gasteiger partial charge in [-0.15, -0.1) is 0 Å². The molecule has 0 saturated heterocycles. The monoisotopic (exact) mass is 407 g/mol. The Hall–Kier alpha value is -2.50. The lowest BCUT2D eigenvalue weighted by atomic mass is 9.83. The minimum Gasteiger partial charge on any atom is -0.366 e. The quantitative estimate of drug-likeness (QED) is 0.609. The zero-order valence-electron chi connectivity index (χ0n) is 16.4. The van der Waals surface area contributed by atoms with Crippen LogP contribution in [0.2, 0.25) is 5.02 Å². The summed E-state index contributed by atoms with van der Waals surface area (Å²) in [7, 11) is 0. The zero-order valence-corrected chi connectivity index (χ0v) is 17.1. The Morgan fingerprint density at radius 3 is 2.72 bits per heavy atom. The maximum atomic E-state index is 6.47. The van der Waals surface area contributed by atoms with Gasteiger partial charge < -0.3 is 11.1 Å². The van der Waals surface area contributed by atoms with E-state index in [0.717, 1.165) is 47.6 Å². The van der Waals surface area contributed by atoms with Crippen molar-refractivity contribution < 1.29 is 0 Å². The van der Waals surface area contributed by atoms with Crippen molar-refractivity contribution in [3.05, 3.63) is 71.3 Å². The standard InChI is InChI=1S/C23H26ClN5/c24-21-15-27-19(11-16-6-8-18(25)9-7-16)12-20(21)22-4-1-5-23(29-22)28-14-17-3-2-10-26-13-17/h1-5,10,12-13,15-16,18H,6-9,11,14,25H2,(H,28,29). The molecule has 0 unspecified atom stereocenters. The summed E-state index contributed by atoms with van der Waals surface area (Å²) >= 11 is 6.47. The molecule has 4 rings (SSSR count). The summed E-state index contributed by atoms with van der Waals surface area (Å²) in [6.45, 7) is 0.670. The molecule has 1 aliphatic carbocycles. The first-order valence-corrected chi connectivity index (χ1v) is 10.6. The highest BCUT2D eigenvalue weighted by molar-refractivity contribution is 6.33. The first kappa shape index (κ1) is 19.8.